The monoisotopic (exact) mass is 489 g/mol. The number of nitrogens with one attached hydrogen (secondary N) is 3. The van der Waals surface area contributed by atoms with Crippen molar-refractivity contribution < 1.29 is 39.3 Å². The van der Waals surface area contributed by atoms with Crippen molar-refractivity contribution in [1.82, 2.24) is 16.0 Å². The van der Waals surface area contributed by atoms with E-state index in [0.717, 1.165) is 0 Å². The van der Waals surface area contributed by atoms with Gasteiger partial charge in [-0.05, 0) is 51.5 Å². The van der Waals surface area contributed by atoms with Crippen molar-refractivity contribution in [2.24, 2.45) is 17.4 Å². The van der Waals surface area contributed by atoms with Crippen LogP contribution < -0.4 is 27.4 Å². The minimum absolute atomic E-state index is 0.105. The van der Waals surface area contributed by atoms with E-state index in [2.05, 4.69) is 16.0 Å². The summed E-state index contributed by atoms with van der Waals surface area (Å²) in [5.74, 6) is -4.83. The summed E-state index contributed by atoms with van der Waals surface area (Å²) in [7, 11) is 0. The first kappa shape index (κ1) is 31.2. The normalized spacial score (nSPS) is 15.5. The van der Waals surface area contributed by atoms with Gasteiger partial charge in [0.1, 0.15) is 12.1 Å². The maximum Gasteiger partial charge on any atom is 0.328 e. The molecule has 3 amide bonds. The highest BCUT2D eigenvalue weighted by Gasteiger charge is 2.32. The van der Waals surface area contributed by atoms with Crippen molar-refractivity contribution in [3.63, 3.8) is 0 Å². The van der Waals surface area contributed by atoms with Crippen LogP contribution in [0.15, 0.2) is 0 Å². The van der Waals surface area contributed by atoms with Crippen LogP contribution in [0, 0.1) is 5.92 Å². The van der Waals surface area contributed by atoms with Gasteiger partial charge in [-0.25, -0.2) is 4.79 Å². The van der Waals surface area contributed by atoms with E-state index >= 15 is 0 Å². The van der Waals surface area contributed by atoms with Gasteiger partial charge in [-0.15, -0.1) is 0 Å². The molecule has 0 aliphatic heterocycles. The molecule has 0 aromatic carbocycles. The lowest BCUT2D eigenvalue weighted by molar-refractivity contribution is -0.145. The smallest absolute Gasteiger partial charge is 0.328 e. The predicted octanol–water partition coefficient (Wildman–Crippen LogP) is -1.73. The number of carbonyl (C=O) groups is 5. The quantitative estimate of drug-likeness (QED) is 0.107. The fourth-order valence-corrected chi connectivity index (χ4v) is 3.11. The first-order valence-electron chi connectivity index (χ1n) is 11.3. The number of nitrogens with two attached hydrogens (primary N) is 2. The number of hydrogen-bond donors (Lipinski definition) is 8. The number of carboxylic acids is 2. The number of aliphatic hydroxyl groups is 1. The molecule has 0 bridgehead atoms. The van der Waals surface area contributed by atoms with Crippen LogP contribution in [0.25, 0.3) is 0 Å². The summed E-state index contributed by atoms with van der Waals surface area (Å²) in [6.45, 7) is 5.26. The Balaban J connectivity index is 5.56. The SMILES string of the molecule is CC(C)CC(N)C(=O)NC(CCC(=O)O)C(=O)NC(CCCCN)C(=O)NC(C(=O)O)C(C)O. The number of carbonyl (C=O) groups excluding carboxylic acids is 3. The molecule has 0 aliphatic carbocycles. The fourth-order valence-electron chi connectivity index (χ4n) is 3.11. The van der Waals surface area contributed by atoms with Gasteiger partial charge in [0, 0.05) is 6.42 Å². The summed E-state index contributed by atoms with van der Waals surface area (Å²) >= 11 is 0. The molecule has 0 aromatic rings. The Labute approximate surface area is 199 Å². The van der Waals surface area contributed by atoms with Crippen LogP contribution in [0.3, 0.4) is 0 Å². The summed E-state index contributed by atoms with van der Waals surface area (Å²) < 4.78 is 0. The van der Waals surface area contributed by atoms with Gasteiger partial charge in [-0.1, -0.05) is 13.8 Å². The van der Waals surface area contributed by atoms with E-state index in [1.807, 2.05) is 13.8 Å². The van der Waals surface area contributed by atoms with Gasteiger partial charge in [-0.2, -0.15) is 0 Å². The van der Waals surface area contributed by atoms with E-state index in [-0.39, 0.29) is 18.8 Å². The molecule has 13 heteroatoms. The number of aliphatic carboxylic acids is 2. The summed E-state index contributed by atoms with van der Waals surface area (Å²) in [4.78, 5) is 60.3. The van der Waals surface area contributed by atoms with Gasteiger partial charge in [0.05, 0.1) is 12.1 Å². The van der Waals surface area contributed by atoms with Crippen LogP contribution >= 0.6 is 0 Å². The topological polar surface area (TPSA) is 234 Å². The second-order valence-corrected chi connectivity index (χ2v) is 8.64. The zero-order chi connectivity index (χ0) is 26.4. The van der Waals surface area contributed by atoms with Crippen LogP contribution in [0.1, 0.15) is 59.3 Å². The summed E-state index contributed by atoms with van der Waals surface area (Å²) in [6, 6.07) is -4.99. The molecule has 0 saturated carbocycles. The molecule has 0 radical (unpaired) electrons. The van der Waals surface area contributed by atoms with Gasteiger partial charge in [0.15, 0.2) is 6.04 Å². The zero-order valence-corrected chi connectivity index (χ0v) is 20.0. The average Bonchev–Trinajstić information content (AvgIpc) is 2.72. The summed E-state index contributed by atoms with van der Waals surface area (Å²) in [6.07, 6.45) is -0.665. The van der Waals surface area contributed by atoms with Gasteiger partial charge in [-0.3, -0.25) is 19.2 Å². The maximum atomic E-state index is 12.9. The number of hydrogen-bond acceptors (Lipinski definition) is 8. The first-order valence-corrected chi connectivity index (χ1v) is 11.3. The molecule has 5 atom stereocenters. The van der Waals surface area contributed by atoms with Crippen LogP contribution in [0.5, 0.6) is 0 Å². The second-order valence-electron chi connectivity index (χ2n) is 8.64. The minimum Gasteiger partial charge on any atom is -0.481 e. The van der Waals surface area contributed by atoms with Crippen LogP contribution in [0.2, 0.25) is 0 Å². The van der Waals surface area contributed by atoms with Gasteiger partial charge < -0.3 is 42.7 Å². The van der Waals surface area contributed by atoms with Gasteiger partial charge in [0.25, 0.3) is 0 Å². The molecule has 13 nitrogen and oxygen atoms in total. The highest BCUT2D eigenvalue weighted by atomic mass is 16.4. The molecule has 0 spiro atoms. The predicted molar refractivity (Wildman–Crippen MR) is 122 cm³/mol. The van der Waals surface area contributed by atoms with Crippen molar-refractivity contribution in [2.45, 2.75) is 89.6 Å². The molecule has 0 aromatic heterocycles. The molecule has 34 heavy (non-hydrogen) atoms. The molecular formula is C21H39N5O8. The summed E-state index contributed by atoms with van der Waals surface area (Å²) in [5, 5.41) is 34.9. The molecule has 0 heterocycles. The highest BCUT2D eigenvalue weighted by Crippen LogP contribution is 2.07. The average molecular weight is 490 g/mol. The van der Waals surface area contributed by atoms with Crippen molar-refractivity contribution >= 4 is 29.7 Å². The van der Waals surface area contributed by atoms with E-state index in [4.69, 9.17) is 16.6 Å². The van der Waals surface area contributed by atoms with Crippen molar-refractivity contribution in [3.8, 4) is 0 Å². The van der Waals surface area contributed by atoms with Gasteiger partial charge >= 0.3 is 11.9 Å². The molecule has 196 valence electrons. The number of aliphatic hydroxyl groups excluding tert-OH is 1. The lowest BCUT2D eigenvalue weighted by atomic mass is 10.0. The van der Waals surface area contributed by atoms with Crippen molar-refractivity contribution in [3.05, 3.63) is 0 Å². The van der Waals surface area contributed by atoms with E-state index in [1.165, 1.54) is 6.92 Å². The maximum absolute atomic E-state index is 12.9. The standard InChI is InChI=1S/C21H39N5O8/c1-11(2)10-13(23)18(30)24-15(7-8-16(28)29)19(31)25-14(6-4-5-9-22)20(32)26-17(12(3)27)21(33)34/h11-15,17,27H,4-10,22-23H2,1-3H3,(H,24,30)(H,25,31)(H,26,32)(H,28,29)(H,33,34). The molecule has 0 fully saturated rings. The Hall–Kier alpha value is -2.77. The van der Waals surface area contributed by atoms with Crippen LogP contribution in [0.4, 0.5) is 0 Å². The molecular weight excluding hydrogens is 450 g/mol. The Kier molecular flexibility index (Phi) is 14.7. The third kappa shape index (κ3) is 12.5. The summed E-state index contributed by atoms with van der Waals surface area (Å²) in [5.41, 5.74) is 11.3. The van der Waals surface area contributed by atoms with Gasteiger partial charge in [0.2, 0.25) is 17.7 Å². The van der Waals surface area contributed by atoms with E-state index in [1.54, 1.807) is 0 Å². The largest absolute Gasteiger partial charge is 0.481 e. The van der Waals surface area contributed by atoms with E-state index in [9.17, 15) is 34.2 Å². The van der Waals surface area contributed by atoms with E-state index in [0.29, 0.717) is 25.8 Å². The highest BCUT2D eigenvalue weighted by molar-refractivity contribution is 5.94. The third-order valence-electron chi connectivity index (χ3n) is 4.97. The lowest BCUT2D eigenvalue weighted by Gasteiger charge is -2.26. The molecule has 0 saturated heterocycles. The lowest BCUT2D eigenvalue weighted by Crippen LogP contribution is -2.58. The first-order chi connectivity index (χ1) is 15.8. The fraction of sp³-hybridized carbons (Fsp3) is 0.762. The zero-order valence-electron chi connectivity index (χ0n) is 20.0. The Morgan fingerprint density at radius 1 is 0.824 bits per heavy atom. The third-order valence-corrected chi connectivity index (χ3v) is 4.97. The molecule has 5 unspecified atom stereocenters. The Bertz CT molecular complexity index is 701. The molecule has 10 N–H and O–H groups in total. The Morgan fingerprint density at radius 3 is 1.82 bits per heavy atom. The van der Waals surface area contributed by atoms with Crippen LogP contribution in [-0.4, -0.2) is 81.8 Å². The van der Waals surface area contributed by atoms with E-state index < -0.39 is 66.4 Å². The van der Waals surface area contributed by atoms with Crippen molar-refractivity contribution in [2.75, 3.05) is 6.54 Å². The Morgan fingerprint density at radius 2 is 1.35 bits per heavy atom. The number of rotatable bonds is 17. The minimum atomic E-state index is -1.60. The molecule has 0 rings (SSSR count). The second kappa shape index (κ2) is 16.0. The van der Waals surface area contributed by atoms with Crippen molar-refractivity contribution in [1.29, 1.82) is 0 Å². The van der Waals surface area contributed by atoms with Crippen LogP contribution in [-0.2, 0) is 24.0 Å². The molecule has 0 aliphatic rings. The number of amides is 3. The number of unbranched alkanes of at least 4 members (excludes halogenated alkanes) is 1. The number of carboxylic acid groups (broad SMARTS) is 2.